The molecule has 1 aromatic heterocycles. The van der Waals surface area contributed by atoms with Gasteiger partial charge in [-0.1, -0.05) is 35.2 Å². The van der Waals surface area contributed by atoms with Gasteiger partial charge in [0.05, 0.1) is 11.8 Å². The predicted molar refractivity (Wildman–Crippen MR) is 81.6 cm³/mol. The van der Waals surface area contributed by atoms with Gasteiger partial charge in [0.25, 0.3) is 5.91 Å². The summed E-state index contributed by atoms with van der Waals surface area (Å²) in [6, 6.07) is 8.91. The van der Waals surface area contributed by atoms with Crippen molar-refractivity contribution >= 4 is 34.0 Å². The van der Waals surface area contributed by atoms with Crippen LogP contribution in [-0.4, -0.2) is 43.6 Å². The summed E-state index contributed by atoms with van der Waals surface area (Å²) in [7, 11) is -3.20. The summed E-state index contributed by atoms with van der Waals surface area (Å²) in [5, 5.41) is 6.66. The van der Waals surface area contributed by atoms with Crippen LogP contribution in [0.3, 0.4) is 0 Å². The minimum atomic E-state index is -4.87. The molecule has 0 aliphatic carbocycles. The van der Waals surface area contributed by atoms with Gasteiger partial charge in [0, 0.05) is 11.9 Å². The van der Waals surface area contributed by atoms with E-state index in [1.165, 1.54) is 10.8 Å². The van der Waals surface area contributed by atoms with Crippen LogP contribution in [0.25, 0.3) is 6.08 Å². The summed E-state index contributed by atoms with van der Waals surface area (Å²) in [5.41, 5.74) is 0.608. The number of amides is 1. The van der Waals surface area contributed by atoms with Crippen molar-refractivity contribution in [3.63, 3.8) is 0 Å². The van der Waals surface area contributed by atoms with Crippen LogP contribution in [0, 0.1) is 0 Å². The number of nitrogens with zero attached hydrogens (tertiary/aromatic N) is 4. The van der Waals surface area contributed by atoms with Gasteiger partial charge in [-0.2, -0.15) is 0 Å². The Morgan fingerprint density at radius 3 is 2.50 bits per heavy atom. The Balaban J connectivity index is 0.00000208. The summed E-state index contributed by atoms with van der Waals surface area (Å²) >= 11 is 1.11. The second-order valence-corrected chi connectivity index (χ2v) is 7.16. The van der Waals surface area contributed by atoms with Gasteiger partial charge < -0.3 is 4.55 Å². The normalized spacial score (nSPS) is 19.1. The Bertz CT molecular complexity index is 882. The largest absolute Gasteiger partial charge is 1.00 e. The maximum atomic E-state index is 12.0. The molecule has 1 aliphatic rings. The third-order valence-corrected chi connectivity index (χ3v) is 5.31. The van der Waals surface area contributed by atoms with Gasteiger partial charge in [-0.25, -0.2) is 12.7 Å². The molecule has 1 amide bonds. The molecular formula is C13H11KN4O4S2. The molecule has 1 saturated heterocycles. The van der Waals surface area contributed by atoms with Crippen molar-refractivity contribution in [1.29, 1.82) is 0 Å². The molecule has 2 heterocycles. The molecule has 3 rings (SSSR count). The van der Waals surface area contributed by atoms with Gasteiger partial charge in [-0.05, 0) is 18.2 Å². The smallest absolute Gasteiger partial charge is 0.731 e. The van der Waals surface area contributed by atoms with Crippen molar-refractivity contribution in [2.75, 3.05) is 0 Å². The van der Waals surface area contributed by atoms with E-state index in [2.05, 4.69) is 10.3 Å². The Morgan fingerprint density at radius 2 is 1.96 bits per heavy atom. The number of aromatic nitrogens is 3. The van der Waals surface area contributed by atoms with Gasteiger partial charge in [0.2, 0.25) is 0 Å². The number of β-lactam (4-membered cyclic amide) rings is 1. The SMILES string of the molecule is Cn1cc(/C=C2/C(=O)N(S(=O)(=O)[O-])C2Sc2ccccc2)nn1.[K+]. The fourth-order valence-electron chi connectivity index (χ4n) is 2.08. The van der Waals surface area contributed by atoms with Crippen LogP contribution in [0.2, 0.25) is 0 Å². The molecule has 1 unspecified atom stereocenters. The molecule has 11 heteroatoms. The first kappa shape index (κ1) is 19.8. The maximum absolute atomic E-state index is 12.0. The zero-order valence-corrected chi connectivity index (χ0v) is 17.6. The molecule has 0 N–H and O–H groups in total. The Morgan fingerprint density at radius 1 is 1.29 bits per heavy atom. The van der Waals surface area contributed by atoms with E-state index in [-0.39, 0.29) is 57.0 Å². The van der Waals surface area contributed by atoms with E-state index < -0.39 is 21.6 Å². The fourth-order valence-corrected chi connectivity index (χ4v) is 4.24. The monoisotopic (exact) mass is 390 g/mol. The van der Waals surface area contributed by atoms with Crippen molar-refractivity contribution in [2.45, 2.75) is 10.3 Å². The van der Waals surface area contributed by atoms with Gasteiger partial charge in [0.15, 0.2) is 10.3 Å². The van der Waals surface area contributed by atoms with Crippen LogP contribution in [0.4, 0.5) is 0 Å². The summed E-state index contributed by atoms with van der Waals surface area (Å²) in [5.74, 6) is -0.834. The number of hydrogen-bond donors (Lipinski definition) is 0. The van der Waals surface area contributed by atoms with Crippen molar-refractivity contribution in [3.8, 4) is 0 Å². The molecule has 0 spiro atoms. The molecule has 120 valence electrons. The molecule has 24 heavy (non-hydrogen) atoms. The molecule has 1 aromatic carbocycles. The number of hydrogen-bond acceptors (Lipinski definition) is 7. The van der Waals surface area contributed by atoms with Crippen molar-refractivity contribution < 1.29 is 69.1 Å². The number of rotatable bonds is 4. The van der Waals surface area contributed by atoms with E-state index in [1.54, 1.807) is 37.5 Å². The Hall–Kier alpha value is -0.534. The van der Waals surface area contributed by atoms with E-state index >= 15 is 0 Å². The van der Waals surface area contributed by atoms with E-state index in [9.17, 15) is 17.8 Å². The third-order valence-electron chi connectivity index (χ3n) is 3.08. The predicted octanol–water partition coefficient (Wildman–Crippen LogP) is -2.38. The molecular weight excluding hydrogens is 379 g/mol. The van der Waals surface area contributed by atoms with Gasteiger partial charge in [-0.3, -0.25) is 9.48 Å². The molecule has 0 radical (unpaired) electrons. The van der Waals surface area contributed by atoms with Crippen LogP contribution in [0.15, 0.2) is 47.0 Å². The topological polar surface area (TPSA) is 108 Å². The van der Waals surface area contributed by atoms with Gasteiger partial charge in [0.1, 0.15) is 11.1 Å². The van der Waals surface area contributed by atoms with Crippen LogP contribution in [0.1, 0.15) is 5.69 Å². The molecule has 1 atom stereocenters. The number of thioether (sulfide) groups is 1. The van der Waals surface area contributed by atoms with E-state index in [0.717, 1.165) is 16.7 Å². The second kappa shape index (κ2) is 7.79. The van der Waals surface area contributed by atoms with Crippen LogP contribution < -0.4 is 51.4 Å². The number of carbonyl (C=O) groups excluding carboxylic acids is 1. The summed E-state index contributed by atoms with van der Waals surface area (Å²) < 4.78 is 35.7. The van der Waals surface area contributed by atoms with Crippen LogP contribution in [0.5, 0.6) is 0 Å². The Kier molecular flexibility index (Phi) is 6.42. The molecule has 0 saturated carbocycles. The van der Waals surface area contributed by atoms with Gasteiger partial charge in [-0.15, -0.1) is 5.10 Å². The summed E-state index contributed by atoms with van der Waals surface area (Å²) in [6.45, 7) is 0. The van der Waals surface area contributed by atoms with E-state index in [0.29, 0.717) is 10.00 Å². The Labute approximate surface area is 185 Å². The van der Waals surface area contributed by atoms with E-state index in [4.69, 9.17) is 0 Å². The van der Waals surface area contributed by atoms with Crippen molar-refractivity contribution in [3.05, 3.63) is 47.8 Å². The molecule has 1 aliphatic heterocycles. The number of aryl methyl sites for hydroxylation is 1. The zero-order valence-electron chi connectivity index (χ0n) is 12.9. The first-order valence-electron chi connectivity index (χ1n) is 6.45. The maximum Gasteiger partial charge on any atom is 1.00 e. The van der Waals surface area contributed by atoms with Gasteiger partial charge >= 0.3 is 51.4 Å². The quantitative estimate of drug-likeness (QED) is 0.248. The van der Waals surface area contributed by atoms with E-state index in [1.807, 2.05) is 6.07 Å². The number of benzene rings is 1. The second-order valence-electron chi connectivity index (χ2n) is 4.76. The van der Waals surface area contributed by atoms with Crippen molar-refractivity contribution in [2.24, 2.45) is 7.05 Å². The minimum Gasteiger partial charge on any atom is -0.731 e. The average molecular weight is 390 g/mol. The third kappa shape index (κ3) is 4.16. The molecule has 1 fully saturated rings. The first-order valence-corrected chi connectivity index (χ1v) is 8.70. The zero-order chi connectivity index (χ0) is 16.6. The minimum absolute atomic E-state index is 0. The molecule has 8 nitrogen and oxygen atoms in total. The molecule has 0 bridgehead atoms. The number of carbonyl (C=O) groups is 1. The van der Waals surface area contributed by atoms with Crippen LogP contribution in [-0.2, 0) is 22.1 Å². The fraction of sp³-hybridized carbons (Fsp3) is 0.154. The average Bonchev–Trinajstić information content (AvgIpc) is 2.89. The van der Waals surface area contributed by atoms with Crippen molar-refractivity contribution in [1.82, 2.24) is 19.3 Å². The molecule has 2 aromatic rings. The summed E-state index contributed by atoms with van der Waals surface area (Å²) in [4.78, 5) is 12.8. The first-order chi connectivity index (χ1) is 10.9. The standard InChI is InChI=1S/C13H12N4O4S2.K/c1-16-8-9(14-15-16)7-11-12(18)17(23(19,20)21)13(11)22-10-5-3-2-4-6-10;/h2-8,13H,1H3,(H,19,20,21);/q;+1/p-1/b11-7-;. The summed E-state index contributed by atoms with van der Waals surface area (Å²) in [6.07, 6.45) is 3.02. The van der Waals surface area contributed by atoms with Crippen LogP contribution >= 0.6 is 11.8 Å².